The van der Waals surface area contributed by atoms with Crippen molar-refractivity contribution in [2.75, 3.05) is 0 Å². The van der Waals surface area contributed by atoms with E-state index in [1.165, 1.54) is 0 Å². The van der Waals surface area contributed by atoms with Crippen LogP contribution >= 0.6 is 0 Å². The lowest BCUT2D eigenvalue weighted by atomic mass is 9.69. The summed E-state index contributed by atoms with van der Waals surface area (Å²) in [6, 6.07) is 8.14. The van der Waals surface area contributed by atoms with Gasteiger partial charge in [-0.25, -0.2) is 0 Å². The summed E-state index contributed by atoms with van der Waals surface area (Å²) in [5.74, 6) is -0.381. The molecule has 3 rings (SSSR count). The Morgan fingerprint density at radius 2 is 1.30 bits per heavy atom. The average Bonchev–Trinajstić information content (AvgIpc) is 2.91. The van der Waals surface area contributed by atoms with E-state index in [4.69, 9.17) is 4.74 Å². The molecule has 0 saturated heterocycles. The van der Waals surface area contributed by atoms with E-state index < -0.39 is 17.0 Å². The van der Waals surface area contributed by atoms with E-state index in [9.17, 15) is 24.3 Å². The third-order valence-electron chi connectivity index (χ3n) is 9.46. The summed E-state index contributed by atoms with van der Waals surface area (Å²) in [5.41, 5.74) is 0.902. The topological polar surface area (TPSA) is 97.7 Å². The molecule has 0 aromatic heterocycles. The minimum atomic E-state index is -0.773. The predicted octanol–water partition coefficient (Wildman–Crippen LogP) is 7.78. The Balaban J connectivity index is 1.62. The summed E-state index contributed by atoms with van der Waals surface area (Å²) < 4.78 is 5.16. The van der Waals surface area contributed by atoms with Gasteiger partial charge < -0.3 is 9.84 Å². The van der Waals surface area contributed by atoms with Crippen molar-refractivity contribution in [1.29, 1.82) is 0 Å². The summed E-state index contributed by atoms with van der Waals surface area (Å²) >= 11 is 0. The molecule has 2 fully saturated rings. The molecular formula is C34H50O6. The average molecular weight is 555 g/mol. The van der Waals surface area contributed by atoms with Crippen molar-refractivity contribution >= 4 is 24.0 Å². The van der Waals surface area contributed by atoms with Crippen molar-refractivity contribution in [2.24, 2.45) is 17.3 Å². The van der Waals surface area contributed by atoms with E-state index in [1.807, 2.05) is 26.0 Å². The second-order valence-electron chi connectivity index (χ2n) is 13.4. The number of Topliss-reactive ketones (excluding diaryl/α,β-unsaturated/α-hetero) is 2. The van der Waals surface area contributed by atoms with E-state index in [1.54, 1.807) is 13.8 Å². The number of aliphatic carboxylic acids is 1. The molecular weight excluding hydrogens is 504 g/mol. The van der Waals surface area contributed by atoms with Crippen molar-refractivity contribution in [1.82, 2.24) is 0 Å². The van der Waals surface area contributed by atoms with Crippen molar-refractivity contribution < 1.29 is 29.0 Å². The molecule has 6 nitrogen and oxygen atoms in total. The maximum atomic E-state index is 13.7. The fourth-order valence-corrected chi connectivity index (χ4v) is 6.81. The van der Waals surface area contributed by atoms with Crippen LogP contribution in [0.3, 0.4) is 0 Å². The fourth-order valence-electron chi connectivity index (χ4n) is 6.81. The van der Waals surface area contributed by atoms with Gasteiger partial charge in [-0.1, -0.05) is 56.4 Å². The van der Waals surface area contributed by atoms with Crippen LogP contribution in [0.5, 0.6) is 0 Å². The van der Waals surface area contributed by atoms with Crippen LogP contribution in [0.2, 0.25) is 0 Å². The molecule has 1 aromatic rings. The van der Waals surface area contributed by atoms with Gasteiger partial charge >= 0.3 is 5.97 Å². The molecule has 0 heterocycles. The summed E-state index contributed by atoms with van der Waals surface area (Å²) in [4.78, 5) is 49.5. The molecule has 2 aliphatic carbocycles. The van der Waals surface area contributed by atoms with Crippen LogP contribution in [0.15, 0.2) is 24.3 Å². The van der Waals surface area contributed by atoms with E-state index in [-0.39, 0.29) is 23.7 Å². The Morgan fingerprint density at radius 3 is 1.75 bits per heavy atom. The monoisotopic (exact) mass is 554 g/mol. The zero-order valence-electron chi connectivity index (χ0n) is 25.1. The van der Waals surface area contributed by atoms with Crippen LogP contribution < -0.4 is 0 Å². The molecule has 2 aliphatic rings. The van der Waals surface area contributed by atoms with Crippen molar-refractivity contribution in [2.45, 2.75) is 135 Å². The second kappa shape index (κ2) is 14.4. The van der Waals surface area contributed by atoms with Crippen LogP contribution in [0.4, 0.5) is 0 Å². The van der Waals surface area contributed by atoms with Gasteiger partial charge in [-0.3, -0.25) is 19.2 Å². The van der Waals surface area contributed by atoms with Gasteiger partial charge in [0.25, 0.3) is 6.47 Å². The van der Waals surface area contributed by atoms with E-state index in [0.717, 1.165) is 94.6 Å². The third-order valence-corrected chi connectivity index (χ3v) is 9.46. The Labute approximate surface area is 240 Å². The maximum absolute atomic E-state index is 13.7. The number of carboxylic acids is 1. The van der Waals surface area contributed by atoms with Crippen LogP contribution in [-0.2, 0) is 23.9 Å². The number of benzene rings is 1. The highest BCUT2D eigenvalue weighted by Gasteiger charge is 2.37. The molecule has 0 bridgehead atoms. The van der Waals surface area contributed by atoms with Gasteiger partial charge in [0.05, 0.1) is 5.41 Å². The molecule has 0 radical (unpaired) electrons. The van der Waals surface area contributed by atoms with E-state index in [0.29, 0.717) is 24.5 Å². The maximum Gasteiger partial charge on any atom is 0.309 e. The largest absolute Gasteiger partial charge is 0.481 e. The molecule has 0 spiro atoms. The highest BCUT2D eigenvalue weighted by Crippen LogP contribution is 2.42. The fraction of sp³-hybridized carbons (Fsp3) is 0.706. The first-order valence-electron chi connectivity index (χ1n) is 15.5. The van der Waals surface area contributed by atoms with Crippen LogP contribution in [0.1, 0.15) is 141 Å². The molecule has 4 unspecified atom stereocenters. The highest BCUT2D eigenvalue weighted by atomic mass is 16.5. The van der Waals surface area contributed by atoms with Crippen molar-refractivity contribution in [3.05, 3.63) is 35.4 Å². The van der Waals surface area contributed by atoms with Crippen molar-refractivity contribution in [3.8, 4) is 0 Å². The molecule has 2 saturated carbocycles. The number of ketones is 2. The first-order valence-corrected chi connectivity index (χ1v) is 15.5. The first-order chi connectivity index (χ1) is 19.0. The van der Waals surface area contributed by atoms with Gasteiger partial charge in [0.2, 0.25) is 0 Å². The van der Waals surface area contributed by atoms with Gasteiger partial charge in [-0.2, -0.15) is 0 Å². The highest BCUT2D eigenvalue weighted by molar-refractivity contribution is 5.92. The molecule has 0 aliphatic heterocycles. The van der Waals surface area contributed by atoms with Crippen LogP contribution in [0.25, 0.3) is 0 Å². The minimum absolute atomic E-state index is 0.0157. The molecule has 222 valence electrons. The smallest absolute Gasteiger partial charge is 0.309 e. The number of ether oxygens (including phenoxy) is 1. The summed E-state index contributed by atoms with van der Waals surface area (Å²) in [6.45, 7) is 7.86. The lowest BCUT2D eigenvalue weighted by molar-refractivity contribution is -0.147. The van der Waals surface area contributed by atoms with Gasteiger partial charge in [-0.05, 0) is 96.6 Å². The third kappa shape index (κ3) is 8.50. The van der Waals surface area contributed by atoms with Gasteiger partial charge in [0, 0.05) is 23.7 Å². The summed E-state index contributed by atoms with van der Waals surface area (Å²) in [7, 11) is 0. The van der Waals surface area contributed by atoms with Gasteiger partial charge in [-0.15, -0.1) is 0 Å². The number of unbranched alkanes of at least 4 members (excludes halogenated alkanes) is 2. The second-order valence-corrected chi connectivity index (χ2v) is 13.4. The zero-order valence-corrected chi connectivity index (χ0v) is 25.1. The number of carbonyl (C=O) groups excluding carboxylic acids is 3. The molecule has 6 heteroatoms. The summed E-state index contributed by atoms with van der Waals surface area (Å²) in [5, 5.41) is 9.37. The van der Waals surface area contributed by atoms with Crippen molar-refractivity contribution in [3.63, 3.8) is 0 Å². The minimum Gasteiger partial charge on any atom is -0.481 e. The molecule has 1 N–H and O–H groups in total. The Morgan fingerprint density at radius 1 is 0.825 bits per heavy atom. The Kier molecular flexibility index (Phi) is 11.5. The lowest BCUT2D eigenvalue weighted by Crippen LogP contribution is -2.31. The lowest BCUT2D eigenvalue weighted by Gasteiger charge is -2.33. The Bertz CT molecular complexity index is 1030. The predicted molar refractivity (Wildman–Crippen MR) is 156 cm³/mol. The number of hydrogen-bond acceptors (Lipinski definition) is 5. The standard InChI is InChI=1S/C34H50O6/c1-33(2,32(38)39)21-9-7-13-24-15-11-19-28(30(24)36)26-17-5-6-18-27(26)29-20-12-16-25(31(29)37)14-8-10-22-34(3,4)40-23-35/h5-6,17-18,23-25,28-29H,7-16,19-22H2,1-4H3,(H,38,39). The number of carboxylic acid groups (broad SMARTS) is 1. The quantitative estimate of drug-likeness (QED) is 0.176. The normalized spacial score (nSPS) is 24.1. The number of hydrogen-bond donors (Lipinski definition) is 1. The molecule has 4 atom stereocenters. The molecule has 1 aromatic carbocycles. The summed E-state index contributed by atoms with van der Waals surface area (Å²) in [6.07, 6.45) is 12.1. The zero-order chi connectivity index (χ0) is 29.3. The van der Waals surface area contributed by atoms with E-state index >= 15 is 0 Å². The molecule has 40 heavy (non-hydrogen) atoms. The Hall–Kier alpha value is -2.50. The SMILES string of the molecule is CC(C)(CCCCC1CCCC(c2ccccc2C2CCCC(CCCCC(C)(C)C(=O)O)C2=O)C1=O)OC=O. The number of carbonyl (C=O) groups is 4. The number of rotatable bonds is 15. The van der Waals surface area contributed by atoms with Gasteiger partial charge in [0.15, 0.2) is 0 Å². The van der Waals surface area contributed by atoms with Crippen LogP contribution in [0, 0.1) is 17.3 Å². The first kappa shape index (κ1) is 32.0. The molecule has 0 amide bonds. The van der Waals surface area contributed by atoms with Crippen LogP contribution in [-0.4, -0.2) is 34.7 Å². The van der Waals surface area contributed by atoms with E-state index in [2.05, 4.69) is 12.1 Å². The van der Waals surface area contributed by atoms with Gasteiger partial charge in [0.1, 0.15) is 17.2 Å².